The number of nitrogens with two attached hydrogens (primary N) is 1. The number of hydrogen-bond donors (Lipinski definition) is 2. The van der Waals surface area contributed by atoms with Crippen molar-refractivity contribution in [1.29, 1.82) is 0 Å². The van der Waals surface area contributed by atoms with Gasteiger partial charge in [-0.2, -0.15) is 4.98 Å². The maximum Gasteiger partial charge on any atom is 0.295 e. The number of amides is 1. The van der Waals surface area contributed by atoms with Gasteiger partial charge >= 0.3 is 0 Å². The van der Waals surface area contributed by atoms with E-state index in [1.54, 1.807) is 38.4 Å². The van der Waals surface area contributed by atoms with Crippen LogP contribution in [-0.2, 0) is 0 Å². The molecule has 0 radical (unpaired) electrons. The first-order valence-electron chi connectivity index (χ1n) is 5.22. The van der Waals surface area contributed by atoms with Crippen molar-refractivity contribution < 1.29 is 9.53 Å². The molecule has 7 heteroatoms. The minimum Gasteiger partial charge on any atom is -0.497 e. The van der Waals surface area contributed by atoms with E-state index in [9.17, 15) is 4.79 Å². The van der Waals surface area contributed by atoms with E-state index in [4.69, 9.17) is 10.5 Å². The lowest BCUT2D eigenvalue weighted by molar-refractivity contribution is 0.0983. The number of anilines is 2. The van der Waals surface area contributed by atoms with Crippen LogP contribution in [0.25, 0.3) is 0 Å². The normalized spacial score (nSPS) is 10.1. The molecule has 2 rings (SSSR count). The van der Waals surface area contributed by atoms with Crippen molar-refractivity contribution in [3.63, 3.8) is 0 Å². The number of benzene rings is 1. The first kappa shape index (κ1) is 11.9. The van der Waals surface area contributed by atoms with Gasteiger partial charge in [-0.1, -0.05) is 0 Å². The van der Waals surface area contributed by atoms with Crippen LogP contribution in [0.4, 0.5) is 11.6 Å². The Labute approximate surface area is 104 Å². The lowest BCUT2D eigenvalue weighted by Gasteiger charge is -2.15. The van der Waals surface area contributed by atoms with Gasteiger partial charge in [0.1, 0.15) is 5.75 Å². The number of carbonyl (C=O) groups is 1. The number of H-pyrrole nitrogens is 1. The van der Waals surface area contributed by atoms with Crippen LogP contribution < -0.4 is 15.4 Å². The van der Waals surface area contributed by atoms with Crippen molar-refractivity contribution in [2.75, 3.05) is 24.8 Å². The van der Waals surface area contributed by atoms with E-state index in [0.29, 0.717) is 0 Å². The van der Waals surface area contributed by atoms with E-state index < -0.39 is 0 Å². The third-order valence-electron chi connectivity index (χ3n) is 2.47. The number of aromatic nitrogens is 3. The number of methoxy groups -OCH3 is 1. The molecule has 7 nitrogen and oxygen atoms in total. The van der Waals surface area contributed by atoms with Gasteiger partial charge in [0.2, 0.25) is 11.8 Å². The van der Waals surface area contributed by atoms with Gasteiger partial charge in [-0.05, 0) is 24.3 Å². The quantitative estimate of drug-likeness (QED) is 0.830. The second-order valence-corrected chi connectivity index (χ2v) is 3.60. The Morgan fingerprint density at radius 1 is 1.39 bits per heavy atom. The van der Waals surface area contributed by atoms with Crippen LogP contribution in [0, 0.1) is 0 Å². The van der Waals surface area contributed by atoms with Crippen molar-refractivity contribution in [2.45, 2.75) is 0 Å². The zero-order valence-electron chi connectivity index (χ0n) is 10.0. The summed E-state index contributed by atoms with van der Waals surface area (Å²) >= 11 is 0. The highest BCUT2D eigenvalue weighted by atomic mass is 16.5. The fourth-order valence-corrected chi connectivity index (χ4v) is 1.45. The van der Waals surface area contributed by atoms with E-state index in [0.717, 1.165) is 11.4 Å². The van der Waals surface area contributed by atoms with Gasteiger partial charge in [0.15, 0.2) is 0 Å². The number of hydrogen-bond acceptors (Lipinski definition) is 5. The summed E-state index contributed by atoms with van der Waals surface area (Å²) in [5, 5.41) is 6.09. The summed E-state index contributed by atoms with van der Waals surface area (Å²) in [6.45, 7) is 0. The Bertz CT molecular complexity index is 549. The summed E-state index contributed by atoms with van der Waals surface area (Å²) in [4.78, 5) is 17.2. The number of nitrogen functional groups attached to an aromatic ring is 1. The second kappa shape index (κ2) is 4.74. The van der Waals surface area contributed by atoms with Gasteiger partial charge in [-0.15, -0.1) is 5.10 Å². The Kier molecular flexibility index (Phi) is 3.13. The Balaban J connectivity index is 2.19. The van der Waals surface area contributed by atoms with Gasteiger partial charge < -0.3 is 15.4 Å². The molecule has 0 saturated carbocycles. The molecule has 94 valence electrons. The highest BCUT2D eigenvalue weighted by Crippen LogP contribution is 2.19. The smallest absolute Gasteiger partial charge is 0.295 e. The summed E-state index contributed by atoms with van der Waals surface area (Å²) in [5.41, 5.74) is 6.07. The molecule has 18 heavy (non-hydrogen) atoms. The Morgan fingerprint density at radius 3 is 2.56 bits per heavy atom. The Morgan fingerprint density at radius 2 is 2.06 bits per heavy atom. The third-order valence-corrected chi connectivity index (χ3v) is 2.47. The number of nitrogens with one attached hydrogen (secondary N) is 1. The molecule has 1 aromatic heterocycles. The molecule has 0 fully saturated rings. The molecule has 1 aromatic carbocycles. The average molecular weight is 247 g/mol. The molecule has 1 heterocycles. The van der Waals surface area contributed by atoms with Crippen LogP contribution in [0.1, 0.15) is 10.6 Å². The minimum atomic E-state index is -0.315. The first-order chi connectivity index (χ1) is 8.61. The molecule has 0 spiro atoms. The van der Waals surface area contributed by atoms with Gasteiger partial charge in [-0.3, -0.25) is 9.89 Å². The van der Waals surface area contributed by atoms with Crippen LogP contribution in [0.3, 0.4) is 0 Å². The zero-order chi connectivity index (χ0) is 13.1. The van der Waals surface area contributed by atoms with E-state index in [1.807, 2.05) is 0 Å². The number of aromatic amines is 1. The first-order valence-corrected chi connectivity index (χ1v) is 5.22. The number of carbonyl (C=O) groups excluding carboxylic acids is 1. The van der Waals surface area contributed by atoms with Gasteiger partial charge in [-0.25, -0.2) is 0 Å². The predicted molar refractivity (Wildman–Crippen MR) is 66.5 cm³/mol. The van der Waals surface area contributed by atoms with Crippen LogP contribution in [0.5, 0.6) is 5.75 Å². The van der Waals surface area contributed by atoms with Gasteiger partial charge in [0.05, 0.1) is 7.11 Å². The van der Waals surface area contributed by atoms with Crippen LogP contribution in [-0.4, -0.2) is 35.2 Å². The standard InChI is InChI=1S/C11H13N5O2/c1-16(7-3-5-8(18-2)6-4-7)10(17)9-13-11(12)15-14-9/h3-6H,1-2H3,(H3,12,13,14,15). The molecule has 0 bridgehead atoms. The van der Waals surface area contributed by atoms with Crippen molar-refractivity contribution >= 4 is 17.5 Å². The maximum absolute atomic E-state index is 12.0. The summed E-state index contributed by atoms with van der Waals surface area (Å²) in [6, 6.07) is 7.09. The van der Waals surface area contributed by atoms with E-state index in [2.05, 4.69) is 15.2 Å². The number of nitrogens with zero attached hydrogens (tertiary/aromatic N) is 3. The third kappa shape index (κ3) is 2.24. The van der Waals surface area contributed by atoms with Crippen molar-refractivity contribution in [2.24, 2.45) is 0 Å². The summed E-state index contributed by atoms with van der Waals surface area (Å²) in [5.74, 6) is 0.556. The van der Waals surface area contributed by atoms with Gasteiger partial charge in [0, 0.05) is 12.7 Å². The largest absolute Gasteiger partial charge is 0.497 e. The predicted octanol–water partition coefficient (Wildman–Crippen LogP) is 0.672. The van der Waals surface area contributed by atoms with Gasteiger partial charge in [0.25, 0.3) is 5.91 Å². The van der Waals surface area contributed by atoms with Crippen molar-refractivity contribution in [1.82, 2.24) is 15.2 Å². The number of ether oxygens (including phenoxy) is 1. The summed E-state index contributed by atoms with van der Waals surface area (Å²) in [7, 11) is 3.23. The van der Waals surface area contributed by atoms with Crippen molar-refractivity contribution in [3.8, 4) is 5.75 Å². The lowest BCUT2D eigenvalue weighted by Crippen LogP contribution is -2.27. The minimum absolute atomic E-state index is 0.0430. The monoisotopic (exact) mass is 247 g/mol. The fraction of sp³-hybridized carbons (Fsp3) is 0.182. The van der Waals surface area contributed by atoms with Crippen LogP contribution >= 0.6 is 0 Å². The van der Waals surface area contributed by atoms with E-state index >= 15 is 0 Å². The van der Waals surface area contributed by atoms with Crippen LogP contribution in [0.15, 0.2) is 24.3 Å². The molecular weight excluding hydrogens is 234 g/mol. The lowest BCUT2D eigenvalue weighted by atomic mass is 10.3. The summed E-state index contributed by atoms with van der Waals surface area (Å²) in [6.07, 6.45) is 0. The molecule has 3 N–H and O–H groups in total. The van der Waals surface area contributed by atoms with E-state index in [1.165, 1.54) is 4.90 Å². The molecule has 1 amide bonds. The molecule has 0 unspecified atom stereocenters. The molecule has 2 aromatic rings. The average Bonchev–Trinajstić information content (AvgIpc) is 2.84. The van der Waals surface area contributed by atoms with Crippen LogP contribution in [0.2, 0.25) is 0 Å². The second-order valence-electron chi connectivity index (χ2n) is 3.60. The molecule has 0 aliphatic heterocycles. The van der Waals surface area contributed by atoms with E-state index in [-0.39, 0.29) is 17.7 Å². The molecular formula is C11H13N5O2. The molecule has 0 aliphatic carbocycles. The zero-order valence-corrected chi connectivity index (χ0v) is 10.0. The highest BCUT2D eigenvalue weighted by Gasteiger charge is 2.17. The SMILES string of the molecule is COc1ccc(N(C)C(=O)c2nc(N)n[nH]2)cc1. The van der Waals surface area contributed by atoms with Crippen molar-refractivity contribution in [3.05, 3.63) is 30.1 Å². The molecule has 0 aliphatic rings. The topological polar surface area (TPSA) is 97.1 Å². The number of rotatable bonds is 3. The Hall–Kier alpha value is -2.57. The molecule has 0 saturated heterocycles. The highest BCUT2D eigenvalue weighted by molar-refractivity contribution is 6.03. The summed E-state index contributed by atoms with van der Waals surface area (Å²) < 4.78 is 5.05. The molecule has 0 atom stereocenters. The fourth-order valence-electron chi connectivity index (χ4n) is 1.45. The maximum atomic E-state index is 12.0.